The Hall–Kier alpha value is -3.35. The van der Waals surface area contributed by atoms with Gasteiger partial charge in [0, 0.05) is 18.8 Å². The number of hydrogen-bond donors (Lipinski definition) is 2. The van der Waals surface area contributed by atoms with Gasteiger partial charge in [-0.25, -0.2) is 4.98 Å². The fourth-order valence-electron chi connectivity index (χ4n) is 3.00. The van der Waals surface area contributed by atoms with E-state index in [-0.39, 0.29) is 29.4 Å². The van der Waals surface area contributed by atoms with Crippen molar-refractivity contribution in [3.05, 3.63) is 65.7 Å². The van der Waals surface area contributed by atoms with E-state index in [1.165, 1.54) is 0 Å². The molecule has 3 aromatic rings. The van der Waals surface area contributed by atoms with E-state index in [4.69, 9.17) is 4.74 Å². The minimum atomic E-state index is -0.317. The van der Waals surface area contributed by atoms with Crippen LogP contribution in [-0.2, 0) is 6.42 Å². The second-order valence-corrected chi connectivity index (χ2v) is 6.69. The van der Waals surface area contributed by atoms with Crippen LogP contribution in [0, 0.1) is 0 Å². The summed E-state index contributed by atoms with van der Waals surface area (Å²) in [4.78, 5) is 29.5. The molecule has 2 N–H and O–H groups in total. The maximum absolute atomic E-state index is 12.7. The summed E-state index contributed by atoms with van der Waals surface area (Å²) in [7, 11) is 1.62. The number of pyridine rings is 1. The Kier molecular flexibility index (Phi) is 5.93. The van der Waals surface area contributed by atoms with E-state index in [2.05, 4.69) is 15.6 Å². The molecular formula is C21H24N4O3. The molecule has 7 heteroatoms. The highest BCUT2D eigenvalue weighted by Crippen LogP contribution is 2.17. The van der Waals surface area contributed by atoms with E-state index in [1.807, 2.05) is 44.2 Å². The highest BCUT2D eigenvalue weighted by atomic mass is 16.5. The summed E-state index contributed by atoms with van der Waals surface area (Å²) in [5, 5.41) is 5.69. The van der Waals surface area contributed by atoms with Gasteiger partial charge in [-0.15, -0.1) is 0 Å². The van der Waals surface area contributed by atoms with Crippen molar-refractivity contribution < 1.29 is 14.3 Å². The molecule has 28 heavy (non-hydrogen) atoms. The maximum atomic E-state index is 12.7. The van der Waals surface area contributed by atoms with E-state index >= 15 is 0 Å². The minimum absolute atomic E-state index is 0.0262. The predicted octanol–water partition coefficient (Wildman–Crippen LogP) is 2.45. The van der Waals surface area contributed by atoms with Gasteiger partial charge >= 0.3 is 0 Å². The third-order valence-corrected chi connectivity index (χ3v) is 4.26. The standard InChI is InChI=1S/C21H24N4O3/c1-14(2)23-21(27)19-24-18(16-9-6-7-13-25(16)19)20(26)22-12-11-15-8-4-5-10-17(15)28-3/h4-10,13-14H,11-12H2,1-3H3,(H,22,26)(H,23,27). The summed E-state index contributed by atoms with van der Waals surface area (Å²) in [5.41, 5.74) is 1.83. The average molecular weight is 380 g/mol. The Balaban J connectivity index is 1.77. The first-order valence-electron chi connectivity index (χ1n) is 9.19. The summed E-state index contributed by atoms with van der Waals surface area (Å²) in [5.74, 6) is 0.350. The summed E-state index contributed by atoms with van der Waals surface area (Å²) in [6, 6.07) is 13.0. The van der Waals surface area contributed by atoms with Crippen LogP contribution in [-0.4, -0.2) is 40.9 Å². The van der Waals surface area contributed by atoms with Crippen molar-refractivity contribution >= 4 is 17.3 Å². The number of amides is 2. The van der Waals surface area contributed by atoms with Crippen LogP contribution >= 0.6 is 0 Å². The van der Waals surface area contributed by atoms with Gasteiger partial charge in [-0.1, -0.05) is 24.3 Å². The lowest BCUT2D eigenvalue weighted by Crippen LogP contribution is -2.31. The molecule has 2 aromatic heterocycles. The van der Waals surface area contributed by atoms with Crippen LogP contribution in [0.2, 0.25) is 0 Å². The number of fused-ring (bicyclic) bond motifs is 1. The van der Waals surface area contributed by atoms with Gasteiger partial charge in [0.1, 0.15) is 5.75 Å². The number of aromatic nitrogens is 2. The molecule has 0 aliphatic rings. The third kappa shape index (κ3) is 4.14. The summed E-state index contributed by atoms with van der Waals surface area (Å²) < 4.78 is 6.97. The van der Waals surface area contributed by atoms with Gasteiger partial charge in [0.05, 0.1) is 12.6 Å². The van der Waals surface area contributed by atoms with Crippen molar-refractivity contribution in [1.82, 2.24) is 20.0 Å². The highest BCUT2D eigenvalue weighted by Gasteiger charge is 2.21. The van der Waals surface area contributed by atoms with E-state index in [9.17, 15) is 9.59 Å². The maximum Gasteiger partial charge on any atom is 0.287 e. The highest BCUT2D eigenvalue weighted by molar-refractivity contribution is 6.02. The first-order valence-corrected chi connectivity index (χ1v) is 9.19. The Morgan fingerprint density at radius 1 is 1.11 bits per heavy atom. The number of ether oxygens (including phenoxy) is 1. The Bertz CT molecular complexity index is 994. The molecule has 7 nitrogen and oxygen atoms in total. The molecule has 0 saturated heterocycles. The quantitative estimate of drug-likeness (QED) is 0.659. The van der Waals surface area contributed by atoms with Crippen LogP contribution in [0.4, 0.5) is 0 Å². The number of carbonyl (C=O) groups is 2. The van der Waals surface area contributed by atoms with Gasteiger partial charge in [0.15, 0.2) is 5.69 Å². The van der Waals surface area contributed by atoms with Gasteiger partial charge in [-0.2, -0.15) is 0 Å². The lowest BCUT2D eigenvalue weighted by molar-refractivity contribution is 0.0932. The lowest BCUT2D eigenvalue weighted by atomic mass is 10.1. The molecule has 0 atom stereocenters. The van der Waals surface area contributed by atoms with Crippen LogP contribution in [0.5, 0.6) is 5.75 Å². The number of nitrogens with one attached hydrogen (secondary N) is 2. The van der Waals surface area contributed by atoms with Crippen LogP contribution in [0.3, 0.4) is 0 Å². The normalized spacial score (nSPS) is 10.9. The zero-order valence-corrected chi connectivity index (χ0v) is 16.2. The van der Waals surface area contributed by atoms with Gasteiger partial charge < -0.3 is 15.4 Å². The largest absolute Gasteiger partial charge is 0.496 e. The van der Waals surface area contributed by atoms with Crippen molar-refractivity contribution in [1.29, 1.82) is 0 Å². The first kappa shape index (κ1) is 19.4. The van der Waals surface area contributed by atoms with Gasteiger partial charge in [-0.3, -0.25) is 14.0 Å². The topological polar surface area (TPSA) is 84.7 Å². The van der Waals surface area contributed by atoms with Crippen LogP contribution in [0.1, 0.15) is 40.5 Å². The molecule has 0 unspecified atom stereocenters. The molecule has 2 amide bonds. The molecular weight excluding hydrogens is 356 g/mol. The molecule has 1 aromatic carbocycles. The lowest BCUT2D eigenvalue weighted by Gasteiger charge is -2.08. The number of carbonyl (C=O) groups excluding carboxylic acids is 2. The molecule has 0 aliphatic heterocycles. The molecule has 0 radical (unpaired) electrons. The number of rotatable bonds is 7. The smallest absolute Gasteiger partial charge is 0.287 e. The molecule has 0 fully saturated rings. The molecule has 0 aliphatic carbocycles. The second-order valence-electron chi connectivity index (χ2n) is 6.69. The monoisotopic (exact) mass is 380 g/mol. The van der Waals surface area contributed by atoms with E-state index < -0.39 is 0 Å². The average Bonchev–Trinajstić information content (AvgIpc) is 3.08. The molecule has 146 valence electrons. The number of benzene rings is 1. The van der Waals surface area contributed by atoms with Gasteiger partial charge in [0.25, 0.3) is 11.8 Å². The van der Waals surface area contributed by atoms with Crippen molar-refractivity contribution in [3.63, 3.8) is 0 Å². The zero-order valence-electron chi connectivity index (χ0n) is 16.2. The van der Waals surface area contributed by atoms with E-state index in [1.54, 1.807) is 29.8 Å². The van der Waals surface area contributed by atoms with Gasteiger partial charge in [0.2, 0.25) is 5.82 Å². The fraction of sp³-hybridized carbons (Fsp3) is 0.286. The summed E-state index contributed by atoms with van der Waals surface area (Å²) >= 11 is 0. The molecule has 0 spiro atoms. The van der Waals surface area contributed by atoms with E-state index in [0.29, 0.717) is 18.5 Å². The number of nitrogens with zero attached hydrogens (tertiary/aromatic N) is 2. The zero-order chi connectivity index (χ0) is 20.1. The number of para-hydroxylation sites is 1. The second kappa shape index (κ2) is 8.56. The number of imidazole rings is 1. The molecule has 0 saturated carbocycles. The third-order valence-electron chi connectivity index (χ3n) is 4.26. The first-order chi connectivity index (χ1) is 13.5. The minimum Gasteiger partial charge on any atom is -0.496 e. The van der Waals surface area contributed by atoms with Crippen molar-refractivity contribution in [3.8, 4) is 5.75 Å². The summed E-state index contributed by atoms with van der Waals surface area (Å²) in [6.45, 7) is 4.18. The SMILES string of the molecule is COc1ccccc1CCNC(=O)c1nc(C(=O)NC(C)C)n2ccccc12. The molecule has 0 bridgehead atoms. The van der Waals surface area contributed by atoms with Crippen molar-refractivity contribution in [2.45, 2.75) is 26.3 Å². The predicted molar refractivity (Wildman–Crippen MR) is 107 cm³/mol. The molecule has 3 rings (SSSR count). The van der Waals surface area contributed by atoms with Crippen LogP contribution < -0.4 is 15.4 Å². The van der Waals surface area contributed by atoms with Crippen molar-refractivity contribution in [2.75, 3.05) is 13.7 Å². The Morgan fingerprint density at radius 2 is 1.86 bits per heavy atom. The van der Waals surface area contributed by atoms with Crippen LogP contribution in [0.25, 0.3) is 5.52 Å². The number of hydrogen-bond acceptors (Lipinski definition) is 4. The molecule has 2 heterocycles. The van der Waals surface area contributed by atoms with E-state index in [0.717, 1.165) is 11.3 Å². The Labute approximate surface area is 163 Å². The Morgan fingerprint density at radius 3 is 2.61 bits per heavy atom. The number of methoxy groups -OCH3 is 1. The fourth-order valence-corrected chi connectivity index (χ4v) is 3.00. The van der Waals surface area contributed by atoms with Gasteiger partial charge in [-0.05, 0) is 44.0 Å². The van der Waals surface area contributed by atoms with Crippen molar-refractivity contribution in [2.24, 2.45) is 0 Å². The summed E-state index contributed by atoms with van der Waals surface area (Å²) in [6.07, 6.45) is 2.35. The van der Waals surface area contributed by atoms with Crippen LogP contribution in [0.15, 0.2) is 48.7 Å².